The highest BCUT2D eigenvalue weighted by Crippen LogP contribution is 2.26. The highest BCUT2D eigenvalue weighted by molar-refractivity contribution is 5.60. The Kier molecular flexibility index (Phi) is 3.88. The van der Waals surface area contributed by atoms with Gasteiger partial charge in [0.05, 0.1) is 11.7 Å². The number of benzene rings is 1. The first-order valence-electron chi connectivity index (χ1n) is 7.61. The number of nitrogens with two attached hydrogens (primary N) is 1. The highest BCUT2D eigenvalue weighted by atomic mass is 16.1. The molecule has 1 heterocycles. The maximum absolute atomic E-state index is 11.9. The van der Waals surface area contributed by atoms with Crippen LogP contribution in [0.3, 0.4) is 0 Å². The third-order valence-corrected chi connectivity index (χ3v) is 4.23. The highest BCUT2D eigenvalue weighted by Gasteiger charge is 2.12. The molecule has 0 aliphatic heterocycles. The van der Waals surface area contributed by atoms with Crippen LogP contribution in [0.25, 0.3) is 11.3 Å². The first kappa shape index (κ1) is 14.0. The molecule has 0 spiro atoms. The summed E-state index contributed by atoms with van der Waals surface area (Å²) in [5.74, 6) is 0. The van der Waals surface area contributed by atoms with Gasteiger partial charge in [-0.2, -0.15) is 5.10 Å². The van der Waals surface area contributed by atoms with Crippen molar-refractivity contribution in [1.82, 2.24) is 9.78 Å². The van der Waals surface area contributed by atoms with Gasteiger partial charge in [-0.3, -0.25) is 4.79 Å². The predicted molar refractivity (Wildman–Crippen MR) is 84.3 cm³/mol. The number of fused-ring (bicyclic) bond motifs is 1. The summed E-state index contributed by atoms with van der Waals surface area (Å²) >= 11 is 0. The Balaban J connectivity index is 2.02. The number of aryl methyl sites for hydroxylation is 2. The Morgan fingerprint density at radius 2 is 1.95 bits per heavy atom. The Morgan fingerprint density at radius 1 is 1.19 bits per heavy atom. The van der Waals surface area contributed by atoms with Crippen molar-refractivity contribution >= 4 is 0 Å². The Morgan fingerprint density at radius 3 is 2.71 bits per heavy atom. The summed E-state index contributed by atoms with van der Waals surface area (Å²) in [6, 6.07) is 9.82. The average molecular weight is 283 g/mol. The van der Waals surface area contributed by atoms with Crippen molar-refractivity contribution in [2.24, 2.45) is 5.73 Å². The van der Waals surface area contributed by atoms with Crippen LogP contribution in [0.15, 0.2) is 35.1 Å². The van der Waals surface area contributed by atoms with E-state index in [1.165, 1.54) is 35.1 Å². The van der Waals surface area contributed by atoms with Gasteiger partial charge in [-0.25, -0.2) is 4.68 Å². The van der Waals surface area contributed by atoms with Gasteiger partial charge in [0.15, 0.2) is 0 Å². The quantitative estimate of drug-likeness (QED) is 0.940. The van der Waals surface area contributed by atoms with Gasteiger partial charge in [0.25, 0.3) is 5.56 Å². The molecule has 2 N–H and O–H groups in total. The lowest BCUT2D eigenvalue weighted by Crippen LogP contribution is -2.29. The summed E-state index contributed by atoms with van der Waals surface area (Å²) < 4.78 is 1.48. The topological polar surface area (TPSA) is 60.9 Å². The van der Waals surface area contributed by atoms with Crippen LogP contribution in [0, 0.1) is 0 Å². The third kappa shape index (κ3) is 2.76. The maximum atomic E-state index is 11.9. The Bertz CT molecular complexity index is 705. The second-order valence-corrected chi connectivity index (χ2v) is 5.78. The van der Waals surface area contributed by atoms with Crippen LogP contribution in [0.5, 0.6) is 0 Å². The van der Waals surface area contributed by atoms with E-state index in [4.69, 9.17) is 5.73 Å². The second kappa shape index (κ2) is 5.82. The van der Waals surface area contributed by atoms with Crippen molar-refractivity contribution in [3.8, 4) is 11.3 Å². The van der Waals surface area contributed by atoms with E-state index in [1.807, 2.05) is 6.92 Å². The molecule has 0 bridgehead atoms. The van der Waals surface area contributed by atoms with E-state index < -0.39 is 0 Å². The van der Waals surface area contributed by atoms with Crippen LogP contribution in [0.2, 0.25) is 0 Å². The van der Waals surface area contributed by atoms with E-state index in [0.717, 1.165) is 17.7 Å². The van der Waals surface area contributed by atoms with Crippen molar-refractivity contribution < 1.29 is 0 Å². The molecule has 0 saturated heterocycles. The maximum Gasteiger partial charge on any atom is 0.267 e. The second-order valence-electron chi connectivity index (χ2n) is 5.78. The molecular formula is C17H21N3O. The molecule has 1 atom stereocenters. The summed E-state index contributed by atoms with van der Waals surface area (Å²) in [6.07, 6.45) is 4.85. The summed E-state index contributed by atoms with van der Waals surface area (Å²) in [7, 11) is 0. The molecule has 1 aromatic carbocycles. The molecule has 2 aromatic rings. The molecule has 21 heavy (non-hydrogen) atoms. The van der Waals surface area contributed by atoms with Crippen LogP contribution in [0.4, 0.5) is 0 Å². The first-order chi connectivity index (χ1) is 10.2. The molecule has 1 aliphatic carbocycles. The van der Waals surface area contributed by atoms with Gasteiger partial charge >= 0.3 is 0 Å². The number of hydrogen-bond acceptors (Lipinski definition) is 3. The van der Waals surface area contributed by atoms with E-state index in [9.17, 15) is 4.79 Å². The molecule has 4 nitrogen and oxygen atoms in total. The van der Waals surface area contributed by atoms with Crippen LogP contribution >= 0.6 is 0 Å². The van der Waals surface area contributed by atoms with Crippen molar-refractivity contribution in [3.63, 3.8) is 0 Å². The van der Waals surface area contributed by atoms with E-state index >= 15 is 0 Å². The fraction of sp³-hybridized carbons (Fsp3) is 0.412. The summed E-state index contributed by atoms with van der Waals surface area (Å²) in [6.45, 7) is 2.31. The fourth-order valence-electron chi connectivity index (χ4n) is 2.89. The Hall–Kier alpha value is -1.94. The molecule has 1 aromatic heterocycles. The molecule has 4 heteroatoms. The van der Waals surface area contributed by atoms with E-state index in [1.54, 1.807) is 12.1 Å². The SMILES string of the molecule is CC(CN)n1nc(-c2ccc3c(c2)CCCC3)ccc1=O. The molecule has 0 radical (unpaired) electrons. The lowest BCUT2D eigenvalue weighted by Gasteiger charge is -2.17. The minimum Gasteiger partial charge on any atom is -0.328 e. The summed E-state index contributed by atoms with van der Waals surface area (Å²) in [4.78, 5) is 11.9. The zero-order chi connectivity index (χ0) is 14.8. The van der Waals surface area contributed by atoms with Gasteiger partial charge in [0.2, 0.25) is 0 Å². The van der Waals surface area contributed by atoms with Crippen molar-refractivity contribution in [2.45, 2.75) is 38.6 Å². The van der Waals surface area contributed by atoms with Gasteiger partial charge in [0.1, 0.15) is 0 Å². The summed E-state index contributed by atoms with van der Waals surface area (Å²) in [5.41, 5.74) is 10.3. The van der Waals surface area contributed by atoms with Crippen LogP contribution < -0.4 is 11.3 Å². The monoisotopic (exact) mass is 283 g/mol. The van der Waals surface area contributed by atoms with Crippen LogP contribution in [-0.2, 0) is 12.8 Å². The van der Waals surface area contributed by atoms with Gasteiger partial charge in [-0.15, -0.1) is 0 Å². The standard InChI is InChI=1S/C17H21N3O/c1-12(11-18)20-17(21)9-8-16(19-20)15-7-6-13-4-2-3-5-14(13)10-15/h6-10,12H,2-5,11,18H2,1H3. The molecule has 0 saturated carbocycles. The molecule has 3 rings (SSSR count). The zero-order valence-corrected chi connectivity index (χ0v) is 12.4. The lowest BCUT2D eigenvalue weighted by molar-refractivity contribution is 0.477. The number of aromatic nitrogens is 2. The van der Waals surface area contributed by atoms with E-state index in [2.05, 4.69) is 23.3 Å². The Labute approximate surface area is 124 Å². The van der Waals surface area contributed by atoms with Gasteiger partial charge < -0.3 is 5.73 Å². The fourth-order valence-corrected chi connectivity index (χ4v) is 2.89. The predicted octanol–water partition coefficient (Wildman–Crippen LogP) is 2.31. The third-order valence-electron chi connectivity index (χ3n) is 4.23. The van der Waals surface area contributed by atoms with Gasteiger partial charge in [-0.05, 0) is 55.9 Å². The van der Waals surface area contributed by atoms with Crippen molar-refractivity contribution in [1.29, 1.82) is 0 Å². The number of nitrogens with zero attached hydrogens (tertiary/aromatic N) is 2. The zero-order valence-electron chi connectivity index (χ0n) is 12.4. The molecule has 0 fully saturated rings. The van der Waals surface area contributed by atoms with E-state index in [-0.39, 0.29) is 11.6 Å². The molecule has 110 valence electrons. The largest absolute Gasteiger partial charge is 0.328 e. The average Bonchev–Trinajstić information content (AvgIpc) is 2.54. The van der Waals surface area contributed by atoms with E-state index in [0.29, 0.717) is 6.54 Å². The molecular weight excluding hydrogens is 262 g/mol. The first-order valence-corrected chi connectivity index (χ1v) is 7.61. The lowest BCUT2D eigenvalue weighted by atomic mass is 9.90. The minimum absolute atomic E-state index is 0.0879. The molecule has 1 unspecified atom stereocenters. The number of rotatable bonds is 3. The van der Waals surface area contributed by atoms with Gasteiger partial charge in [-0.1, -0.05) is 12.1 Å². The summed E-state index contributed by atoms with van der Waals surface area (Å²) in [5, 5.41) is 4.49. The van der Waals surface area contributed by atoms with Gasteiger partial charge in [0, 0.05) is 18.2 Å². The molecule has 1 aliphatic rings. The molecule has 0 amide bonds. The number of hydrogen-bond donors (Lipinski definition) is 1. The normalized spacial score (nSPS) is 15.5. The van der Waals surface area contributed by atoms with Crippen molar-refractivity contribution in [2.75, 3.05) is 6.54 Å². The minimum atomic E-state index is -0.102. The van der Waals surface area contributed by atoms with Crippen LogP contribution in [-0.4, -0.2) is 16.3 Å². The smallest absolute Gasteiger partial charge is 0.267 e. The van der Waals surface area contributed by atoms with Crippen LogP contribution in [0.1, 0.15) is 36.9 Å². The van der Waals surface area contributed by atoms with Crippen molar-refractivity contribution in [3.05, 3.63) is 51.8 Å².